The standard InChI is InChI=1S/C9H4Cl8/c1-3-2-4(8(12,13)14)6(10)7(11)5(3)9(15,16)17/h2H,1H3. The maximum atomic E-state index is 6.03. The second-order valence-corrected chi connectivity index (χ2v) is 8.56. The molecule has 0 saturated carbocycles. The van der Waals surface area contributed by atoms with E-state index >= 15 is 0 Å². The highest BCUT2D eigenvalue weighted by molar-refractivity contribution is 6.68. The third-order valence-corrected chi connectivity index (χ3v) is 4.04. The lowest BCUT2D eigenvalue weighted by molar-refractivity contribution is 1.14. The lowest BCUT2D eigenvalue weighted by atomic mass is 10.1. The van der Waals surface area contributed by atoms with Crippen molar-refractivity contribution in [3.05, 3.63) is 32.8 Å². The zero-order valence-corrected chi connectivity index (χ0v) is 14.1. The third kappa shape index (κ3) is 3.77. The van der Waals surface area contributed by atoms with E-state index in [2.05, 4.69) is 0 Å². The van der Waals surface area contributed by atoms with Crippen LogP contribution in [-0.4, -0.2) is 0 Å². The highest BCUT2D eigenvalue weighted by atomic mass is 35.6. The predicted molar refractivity (Wildman–Crippen MR) is 79.7 cm³/mol. The Kier molecular flexibility index (Phi) is 5.37. The van der Waals surface area contributed by atoms with E-state index in [1.54, 1.807) is 6.92 Å². The van der Waals surface area contributed by atoms with Crippen LogP contribution in [0.2, 0.25) is 10.0 Å². The fourth-order valence-electron chi connectivity index (χ4n) is 1.31. The Morgan fingerprint density at radius 1 is 0.824 bits per heavy atom. The molecule has 0 aromatic heterocycles. The number of halogens is 8. The topological polar surface area (TPSA) is 0 Å². The van der Waals surface area contributed by atoms with E-state index in [1.165, 1.54) is 6.07 Å². The first-order chi connectivity index (χ1) is 7.46. The van der Waals surface area contributed by atoms with E-state index < -0.39 is 7.59 Å². The van der Waals surface area contributed by atoms with Gasteiger partial charge in [0.25, 0.3) is 0 Å². The number of rotatable bonds is 0. The number of hydrogen-bond donors (Lipinski definition) is 0. The van der Waals surface area contributed by atoms with Gasteiger partial charge in [-0.2, -0.15) is 0 Å². The number of benzene rings is 1. The molecule has 96 valence electrons. The molecule has 0 heterocycles. The van der Waals surface area contributed by atoms with Gasteiger partial charge in [-0.15, -0.1) is 0 Å². The van der Waals surface area contributed by atoms with E-state index in [-0.39, 0.29) is 21.2 Å². The summed E-state index contributed by atoms with van der Waals surface area (Å²) in [7, 11) is 0. The molecule has 17 heavy (non-hydrogen) atoms. The smallest absolute Gasteiger partial charge is 0.0822 e. The molecule has 8 heteroatoms. The van der Waals surface area contributed by atoms with Crippen LogP contribution in [-0.2, 0) is 7.59 Å². The summed E-state index contributed by atoms with van der Waals surface area (Å²) >= 11 is 46.7. The van der Waals surface area contributed by atoms with Gasteiger partial charge < -0.3 is 0 Å². The monoisotopic (exact) mass is 392 g/mol. The minimum absolute atomic E-state index is 0.0543. The average molecular weight is 396 g/mol. The molecule has 0 atom stereocenters. The van der Waals surface area contributed by atoms with Crippen LogP contribution in [0.3, 0.4) is 0 Å². The molecule has 0 spiro atoms. The van der Waals surface area contributed by atoms with Crippen molar-refractivity contribution in [2.75, 3.05) is 0 Å². The molecule has 0 aliphatic rings. The van der Waals surface area contributed by atoms with Gasteiger partial charge in [-0.05, 0) is 18.6 Å². The summed E-state index contributed by atoms with van der Waals surface area (Å²) in [6.07, 6.45) is 0. The van der Waals surface area contributed by atoms with E-state index in [0.29, 0.717) is 5.56 Å². The normalized spacial score (nSPS) is 13.0. The summed E-state index contributed by atoms with van der Waals surface area (Å²) in [6.45, 7) is 1.68. The van der Waals surface area contributed by atoms with Gasteiger partial charge in [-0.25, -0.2) is 0 Å². The second-order valence-electron chi connectivity index (χ2n) is 3.24. The average Bonchev–Trinajstić information content (AvgIpc) is 2.07. The Bertz CT molecular complexity index is 440. The SMILES string of the molecule is Cc1cc(C(Cl)(Cl)Cl)c(Cl)c(Cl)c1C(Cl)(Cl)Cl. The molecule has 1 rings (SSSR count). The highest BCUT2D eigenvalue weighted by Crippen LogP contribution is 2.50. The largest absolute Gasteiger partial charge is 0.217 e. The van der Waals surface area contributed by atoms with Gasteiger partial charge in [0.15, 0.2) is 0 Å². The molecule has 0 saturated heterocycles. The zero-order valence-electron chi connectivity index (χ0n) is 8.10. The molecule has 0 radical (unpaired) electrons. The molecule has 0 unspecified atom stereocenters. The summed E-state index contributed by atoms with van der Waals surface area (Å²) < 4.78 is -3.39. The van der Waals surface area contributed by atoms with Gasteiger partial charge in [-0.3, -0.25) is 0 Å². The highest BCUT2D eigenvalue weighted by Gasteiger charge is 2.34. The summed E-state index contributed by atoms with van der Waals surface area (Å²) in [5.41, 5.74) is 1.08. The molecule has 0 nitrogen and oxygen atoms in total. The molecular weight excluding hydrogens is 392 g/mol. The second kappa shape index (κ2) is 5.50. The summed E-state index contributed by atoms with van der Waals surface area (Å²) in [5, 5.41) is 0.117. The fourth-order valence-corrected chi connectivity index (χ4v) is 3.46. The molecule has 0 N–H and O–H groups in total. The first-order valence-corrected chi connectivity index (χ1v) is 7.11. The van der Waals surface area contributed by atoms with Crippen molar-refractivity contribution < 1.29 is 0 Å². The molecule has 1 aromatic rings. The minimum atomic E-state index is -1.70. The maximum Gasteiger partial charge on any atom is 0.217 e. The minimum Gasteiger partial charge on any atom is -0.0822 e. The third-order valence-electron chi connectivity index (χ3n) is 1.99. The van der Waals surface area contributed by atoms with Crippen LogP contribution >= 0.6 is 92.8 Å². The predicted octanol–water partition coefficient (Wildman–Crippen LogP) is 6.96. The Morgan fingerprint density at radius 2 is 1.29 bits per heavy atom. The lowest BCUT2D eigenvalue weighted by Gasteiger charge is -2.22. The van der Waals surface area contributed by atoms with Crippen LogP contribution in [0.25, 0.3) is 0 Å². The van der Waals surface area contributed by atoms with Gasteiger partial charge in [0.1, 0.15) is 0 Å². The van der Waals surface area contributed by atoms with Crippen molar-refractivity contribution in [1.82, 2.24) is 0 Å². The Labute approximate surface area is 139 Å². The van der Waals surface area contributed by atoms with Crippen LogP contribution < -0.4 is 0 Å². The van der Waals surface area contributed by atoms with Crippen LogP contribution in [0, 0.1) is 6.92 Å². The van der Waals surface area contributed by atoms with Gasteiger partial charge in [0.2, 0.25) is 7.59 Å². The quantitative estimate of drug-likeness (QED) is 0.417. The van der Waals surface area contributed by atoms with Crippen molar-refractivity contribution >= 4 is 92.8 Å². The van der Waals surface area contributed by atoms with Crippen LogP contribution in [0.4, 0.5) is 0 Å². The van der Waals surface area contributed by atoms with Crippen molar-refractivity contribution in [1.29, 1.82) is 0 Å². The number of hydrogen-bond acceptors (Lipinski definition) is 0. The molecule has 0 fully saturated rings. The van der Waals surface area contributed by atoms with E-state index in [4.69, 9.17) is 92.8 Å². The van der Waals surface area contributed by atoms with Crippen molar-refractivity contribution in [3.63, 3.8) is 0 Å². The van der Waals surface area contributed by atoms with Gasteiger partial charge in [0, 0.05) is 11.1 Å². The molecule has 0 aliphatic carbocycles. The van der Waals surface area contributed by atoms with Gasteiger partial charge >= 0.3 is 0 Å². The summed E-state index contributed by atoms with van der Waals surface area (Å²) in [4.78, 5) is 0. The Hall–Kier alpha value is 1.54. The number of aryl methyl sites for hydroxylation is 1. The van der Waals surface area contributed by atoms with Crippen molar-refractivity contribution in [2.45, 2.75) is 14.5 Å². The molecular formula is C9H4Cl8. The zero-order chi connectivity index (χ0) is 13.6. The molecule has 0 aliphatic heterocycles. The van der Waals surface area contributed by atoms with Crippen LogP contribution in [0.1, 0.15) is 16.7 Å². The fraction of sp³-hybridized carbons (Fsp3) is 0.333. The maximum absolute atomic E-state index is 6.03. The molecule has 0 amide bonds. The van der Waals surface area contributed by atoms with Crippen LogP contribution in [0.5, 0.6) is 0 Å². The summed E-state index contributed by atoms with van der Waals surface area (Å²) in [6, 6.07) is 1.53. The van der Waals surface area contributed by atoms with Crippen LogP contribution in [0.15, 0.2) is 6.07 Å². The lowest BCUT2D eigenvalue weighted by Crippen LogP contribution is -2.09. The van der Waals surface area contributed by atoms with E-state index in [0.717, 1.165) is 0 Å². The molecule has 0 bridgehead atoms. The van der Waals surface area contributed by atoms with Gasteiger partial charge in [0.05, 0.1) is 10.0 Å². The van der Waals surface area contributed by atoms with E-state index in [9.17, 15) is 0 Å². The first kappa shape index (κ1) is 16.6. The Morgan fingerprint density at radius 3 is 1.65 bits per heavy atom. The molecule has 1 aromatic carbocycles. The first-order valence-electron chi connectivity index (χ1n) is 4.09. The van der Waals surface area contributed by atoms with Crippen molar-refractivity contribution in [3.8, 4) is 0 Å². The summed E-state index contributed by atoms with van der Waals surface area (Å²) in [5.74, 6) is 0. The van der Waals surface area contributed by atoms with Gasteiger partial charge in [-0.1, -0.05) is 92.8 Å². The van der Waals surface area contributed by atoms with Crippen molar-refractivity contribution in [2.24, 2.45) is 0 Å². The van der Waals surface area contributed by atoms with E-state index in [1.807, 2.05) is 0 Å². The Balaban J connectivity index is 3.60. The number of alkyl halides is 6.